The number of aryl methyl sites for hydroxylation is 1. The number of rotatable bonds is 5. The summed E-state index contributed by atoms with van der Waals surface area (Å²) in [4.78, 5) is 13.0. The van der Waals surface area contributed by atoms with E-state index >= 15 is 0 Å². The molecule has 5 rings (SSSR count). The average molecular weight is 449 g/mol. The van der Waals surface area contributed by atoms with Gasteiger partial charge in [-0.25, -0.2) is 8.78 Å². The number of carbonyl (C=O) groups excluding carboxylic acids is 1. The van der Waals surface area contributed by atoms with Gasteiger partial charge >= 0.3 is 0 Å². The second kappa shape index (κ2) is 8.81. The second-order valence-electron chi connectivity index (χ2n) is 8.82. The Balaban J connectivity index is 1.46. The zero-order valence-corrected chi connectivity index (χ0v) is 18.5. The second-order valence-corrected chi connectivity index (χ2v) is 8.82. The highest BCUT2D eigenvalue weighted by molar-refractivity contribution is 6.07. The van der Waals surface area contributed by atoms with Gasteiger partial charge in [-0.15, -0.1) is 0 Å². The quantitative estimate of drug-likeness (QED) is 0.443. The van der Waals surface area contributed by atoms with Gasteiger partial charge in [-0.2, -0.15) is 5.10 Å². The maximum atomic E-state index is 15.0. The summed E-state index contributed by atoms with van der Waals surface area (Å²) >= 11 is 0. The van der Waals surface area contributed by atoms with E-state index in [-0.39, 0.29) is 29.7 Å². The number of fused-ring (bicyclic) bond motifs is 1. The average Bonchev–Trinajstić information content (AvgIpc) is 3.41. The summed E-state index contributed by atoms with van der Waals surface area (Å²) in [7, 11) is 1.81. The molecule has 0 unspecified atom stereocenters. The molecule has 7 heteroatoms. The number of carbonyl (C=O) groups is 1. The van der Waals surface area contributed by atoms with Crippen molar-refractivity contribution in [3.63, 3.8) is 0 Å². The molecule has 2 aromatic carbocycles. The summed E-state index contributed by atoms with van der Waals surface area (Å²) in [5.74, 6) is -1.08. The van der Waals surface area contributed by atoms with Crippen LogP contribution in [0, 0.1) is 11.6 Å². The number of halogens is 2. The minimum atomic E-state index is -0.451. The van der Waals surface area contributed by atoms with Crippen LogP contribution in [-0.4, -0.2) is 26.3 Å². The Labute approximate surface area is 191 Å². The smallest absolute Gasteiger partial charge is 0.253 e. The van der Waals surface area contributed by atoms with Gasteiger partial charge in [0.1, 0.15) is 11.6 Å². The number of aromatic nitrogens is 3. The van der Waals surface area contributed by atoms with Gasteiger partial charge in [0.25, 0.3) is 5.91 Å². The zero-order valence-electron chi connectivity index (χ0n) is 18.5. The molecule has 4 aromatic rings. The molecule has 0 radical (unpaired) electrons. The van der Waals surface area contributed by atoms with Gasteiger partial charge in [-0.05, 0) is 36.6 Å². The van der Waals surface area contributed by atoms with Gasteiger partial charge in [0.05, 0.1) is 23.8 Å². The SMILES string of the molecule is Cn1cc(-c2ccc(Cn3cc(C(=O)NC4CCCCC4)c4c(F)cccc43)c(F)c2)cn1. The monoisotopic (exact) mass is 448 g/mol. The van der Waals surface area contributed by atoms with Gasteiger partial charge in [0, 0.05) is 42.0 Å². The summed E-state index contributed by atoms with van der Waals surface area (Å²) in [6.45, 7) is 0.190. The summed E-state index contributed by atoms with van der Waals surface area (Å²) in [5.41, 5.74) is 2.89. The van der Waals surface area contributed by atoms with Crippen LogP contribution in [0.1, 0.15) is 48.0 Å². The Kier molecular flexibility index (Phi) is 5.70. The third kappa shape index (κ3) is 4.27. The van der Waals surface area contributed by atoms with E-state index in [1.54, 1.807) is 39.8 Å². The lowest BCUT2D eigenvalue weighted by Gasteiger charge is -2.22. The molecule has 170 valence electrons. The van der Waals surface area contributed by atoms with E-state index in [4.69, 9.17) is 0 Å². The summed E-state index contributed by atoms with van der Waals surface area (Å²) < 4.78 is 33.2. The highest BCUT2D eigenvalue weighted by Crippen LogP contribution is 2.28. The van der Waals surface area contributed by atoms with Crippen molar-refractivity contribution in [2.75, 3.05) is 0 Å². The van der Waals surface area contributed by atoms with E-state index in [9.17, 15) is 13.6 Å². The Morgan fingerprint density at radius 3 is 2.61 bits per heavy atom. The van der Waals surface area contributed by atoms with Crippen molar-refractivity contribution in [2.45, 2.75) is 44.7 Å². The maximum Gasteiger partial charge on any atom is 0.253 e. The maximum absolute atomic E-state index is 15.0. The van der Waals surface area contributed by atoms with Crippen molar-refractivity contribution >= 4 is 16.8 Å². The molecule has 1 aliphatic rings. The third-order valence-corrected chi connectivity index (χ3v) is 6.47. The van der Waals surface area contributed by atoms with Gasteiger partial charge in [-0.1, -0.05) is 37.5 Å². The fourth-order valence-corrected chi connectivity index (χ4v) is 4.73. The predicted octanol–water partition coefficient (Wildman–Crippen LogP) is 5.43. The van der Waals surface area contributed by atoms with Gasteiger partial charge in [0.2, 0.25) is 0 Å². The number of hydrogen-bond donors (Lipinski definition) is 1. The number of benzene rings is 2. The molecule has 0 saturated heterocycles. The number of amides is 1. The fourth-order valence-electron chi connectivity index (χ4n) is 4.73. The lowest BCUT2D eigenvalue weighted by molar-refractivity contribution is 0.0929. The topological polar surface area (TPSA) is 51.9 Å². The highest BCUT2D eigenvalue weighted by Gasteiger charge is 2.22. The van der Waals surface area contributed by atoms with Crippen molar-refractivity contribution in [3.05, 3.63) is 77.8 Å². The zero-order chi connectivity index (χ0) is 22.9. The molecule has 5 nitrogen and oxygen atoms in total. The first kappa shape index (κ1) is 21.4. The molecule has 1 N–H and O–H groups in total. The number of nitrogens with one attached hydrogen (secondary N) is 1. The van der Waals surface area contributed by atoms with E-state index in [2.05, 4.69) is 10.4 Å². The fraction of sp³-hybridized carbons (Fsp3) is 0.308. The molecule has 1 aliphatic carbocycles. The lowest BCUT2D eigenvalue weighted by Crippen LogP contribution is -2.36. The molecular weight excluding hydrogens is 422 g/mol. The lowest BCUT2D eigenvalue weighted by atomic mass is 9.95. The van der Waals surface area contributed by atoms with Crippen LogP contribution < -0.4 is 5.32 Å². The molecule has 0 spiro atoms. The van der Waals surface area contributed by atoms with Crippen LogP contribution in [0.2, 0.25) is 0 Å². The number of nitrogens with zero attached hydrogens (tertiary/aromatic N) is 3. The van der Waals surface area contributed by atoms with Crippen LogP contribution in [-0.2, 0) is 13.6 Å². The van der Waals surface area contributed by atoms with E-state index in [1.165, 1.54) is 18.6 Å². The predicted molar refractivity (Wildman–Crippen MR) is 124 cm³/mol. The normalized spacial score (nSPS) is 14.6. The van der Waals surface area contributed by atoms with Crippen LogP contribution in [0.4, 0.5) is 8.78 Å². The van der Waals surface area contributed by atoms with Crippen molar-refractivity contribution in [1.82, 2.24) is 19.7 Å². The summed E-state index contributed by atoms with van der Waals surface area (Å²) in [6.07, 6.45) is 10.4. The van der Waals surface area contributed by atoms with E-state index in [1.807, 2.05) is 19.3 Å². The van der Waals surface area contributed by atoms with Crippen molar-refractivity contribution < 1.29 is 13.6 Å². The minimum Gasteiger partial charge on any atom is -0.349 e. The molecule has 2 heterocycles. The summed E-state index contributed by atoms with van der Waals surface area (Å²) in [6, 6.07) is 9.90. The molecule has 0 aliphatic heterocycles. The molecule has 0 bridgehead atoms. The van der Waals surface area contributed by atoms with E-state index < -0.39 is 5.82 Å². The molecule has 1 amide bonds. The summed E-state index contributed by atoms with van der Waals surface area (Å²) in [5, 5.41) is 7.48. The highest BCUT2D eigenvalue weighted by atomic mass is 19.1. The molecule has 33 heavy (non-hydrogen) atoms. The van der Waals surface area contributed by atoms with Crippen LogP contribution in [0.5, 0.6) is 0 Å². The van der Waals surface area contributed by atoms with Crippen molar-refractivity contribution in [3.8, 4) is 11.1 Å². The standard InChI is InChI=1S/C26H26F2N4O/c1-31-14-19(13-29-31)17-10-11-18(23(28)12-17)15-32-16-21(25-22(27)8-5-9-24(25)32)26(33)30-20-6-3-2-4-7-20/h5,8-14,16,20H,2-4,6-7,15H2,1H3,(H,30,33). The van der Waals surface area contributed by atoms with Crippen LogP contribution in [0.3, 0.4) is 0 Å². The van der Waals surface area contributed by atoms with E-state index in [0.29, 0.717) is 16.6 Å². The van der Waals surface area contributed by atoms with Crippen LogP contribution >= 0.6 is 0 Å². The van der Waals surface area contributed by atoms with Crippen molar-refractivity contribution in [1.29, 1.82) is 0 Å². The van der Waals surface area contributed by atoms with Gasteiger partial charge < -0.3 is 9.88 Å². The molecule has 2 aromatic heterocycles. The first-order valence-electron chi connectivity index (χ1n) is 11.4. The van der Waals surface area contributed by atoms with Crippen LogP contribution in [0.15, 0.2) is 55.0 Å². The largest absolute Gasteiger partial charge is 0.349 e. The Morgan fingerprint density at radius 2 is 1.88 bits per heavy atom. The van der Waals surface area contributed by atoms with Gasteiger partial charge in [-0.3, -0.25) is 9.48 Å². The molecule has 1 saturated carbocycles. The Bertz CT molecular complexity index is 1320. The first-order valence-corrected chi connectivity index (χ1v) is 11.4. The molecular formula is C26H26F2N4O. The van der Waals surface area contributed by atoms with Crippen LogP contribution in [0.25, 0.3) is 22.0 Å². The number of hydrogen-bond acceptors (Lipinski definition) is 2. The van der Waals surface area contributed by atoms with Gasteiger partial charge in [0.15, 0.2) is 0 Å². The Hall–Kier alpha value is -3.48. The third-order valence-electron chi connectivity index (χ3n) is 6.47. The first-order chi connectivity index (χ1) is 16.0. The van der Waals surface area contributed by atoms with E-state index in [0.717, 1.165) is 36.8 Å². The Morgan fingerprint density at radius 1 is 1.06 bits per heavy atom. The van der Waals surface area contributed by atoms with Crippen molar-refractivity contribution in [2.24, 2.45) is 7.05 Å². The minimum absolute atomic E-state index is 0.119. The molecule has 1 fully saturated rings. The molecule has 0 atom stereocenters.